The average Bonchev–Trinajstić information content (AvgIpc) is 3.08. The number of aromatic nitrogens is 2. The van der Waals surface area contributed by atoms with Crippen molar-refractivity contribution in [2.45, 2.75) is 6.10 Å². The fraction of sp³-hybridized carbons (Fsp3) is 0.118. The van der Waals surface area contributed by atoms with Crippen molar-refractivity contribution in [2.75, 3.05) is 6.61 Å². The van der Waals surface area contributed by atoms with Gasteiger partial charge >= 0.3 is 0 Å². The number of rotatable bonds is 5. The summed E-state index contributed by atoms with van der Waals surface area (Å²) in [7, 11) is 0. The van der Waals surface area contributed by atoms with Crippen LogP contribution < -0.4 is 4.74 Å². The fourth-order valence-electron chi connectivity index (χ4n) is 2.08. The maximum Gasteiger partial charge on any atom is 0.123 e. The normalized spacial score (nSPS) is 12.1. The zero-order valence-corrected chi connectivity index (χ0v) is 11.8. The third kappa shape index (κ3) is 3.32. The van der Waals surface area contributed by atoms with Crippen molar-refractivity contribution >= 4 is 0 Å². The van der Waals surface area contributed by atoms with Crippen LogP contribution in [0, 0.1) is 5.82 Å². The van der Waals surface area contributed by atoms with Crippen LogP contribution in [-0.4, -0.2) is 21.3 Å². The Morgan fingerprint density at radius 2 is 1.82 bits per heavy atom. The van der Waals surface area contributed by atoms with Gasteiger partial charge in [0.1, 0.15) is 24.3 Å². The van der Waals surface area contributed by atoms with Gasteiger partial charge in [-0.25, -0.2) is 9.37 Å². The van der Waals surface area contributed by atoms with Crippen LogP contribution in [0.5, 0.6) is 5.75 Å². The summed E-state index contributed by atoms with van der Waals surface area (Å²) >= 11 is 0. The van der Waals surface area contributed by atoms with E-state index in [-0.39, 0.29) is 12.4 Å². The number of hydrogen-bond donors (Lipinski definition) is 1. The maximum atomic E-state index is 12.8. The molecule has 112 valence electrons. The van der Waals surface area contributed by atoms with E-state index in [4.69, 9.17) is 4.74 Å². The predicted molar refractivity (Wildman–Crippen MR) is 80.4 cm³/mol. The Morgan fingerprint density at radius 3 is 2.45 bits per heavy atom. The summed E-state index contributed by atoms with van der Waals surface area (Å²) in [6, 6.07) is 13.2. The van der Waals surface area contributed by atoms with E-state index in [1.165, 1.54) is 12.1 Å². The summed E-state index contributed by atoms with van der Waals surface area (Å²) in [4.78, 5) is 3.99. The first-order valence-corrected chi connectivity index (χ1v) is 6.87. The average molecular weight is 298 g/mol. The molecule has 3 aromatic rings. The lowest BCUT2D eigenvalue weighted by atomic mass is 10.1. The third-order valence-electron chi connectivity index (χ3n) is 3.30. The number of aliphatic hydroxyl groups is 1. The van der Waals surface area contributed by atoms with E-state index < -0.39 is 6.10 Å². The second-order valence-electron chi connectivity index (χ2n) is 4.84. The number of halogens is 1. The molecule has 0 aliphatic carbocycles. The highest BCUT2D eigenvalue weighted by Crippen LogP contribution is 2.18. The van der Waals surface area contributed by atoms with Crippen molar-refractivity contribution in [1.82, 2.24) is 9.55 Å². The molecule has 0 amide bonds. The van der Waals surface area contributed by atoms with Crippen molar-refractivity contribution in [3.63, 3.8) is 0 Å². The molecule has 0 bridgehead atoms. The van der Waals surface area contributed by atoms with Gasteiger partial charge in [0.15, 0.2) is 0 Å². The van der Waals surface area contributed by atoms with Crippen LogP contribution in [0.25, 0.3) is 5.69 Å². The Balaban J connectivity index is 1.60. The van der Waals surface area contributed by atoms with Crippen LogP contribution in [0.2, 0.25) is 0 Å². The van der Waals surface area contributed by atoms with Crippen molar-refractivity contribution in [3.05, 3.63) is 78.6 Å². The highest BCUT2D eigenvalue weighted by atomic mass is 19.1. The molecule has 0 saturated heterocycles. The molecule has 0 saturated carbocycles. The van der Waals surface area contributed by atoms with E-state index in [0.717, 1.165) is 5.69 Å². The van der Waals surface area contributed by atoms with Gasteiger partial charge in [-0.2, -0.15) is 0 Å². The molecule has 22 heavy (non-hydrogen) atoms. The van der Waals surface area contributed by atoms with E-state index in [0.29, 0.717) is 11.3 Å². The molecule has 1 unspecified atom stereocenters. The highest BCUT2D eigenvalue weighted by molar-refractivity contribution is 5.37. The zero-order chi connectivity index (χ0) is 15.4. The number of aliphatic hydroxyl groups excluding tert-OH is 1. The van der Waals surface area contributed by atoms with Crippen LogP contribution in [0.4, 0.5) is 4.39 Å². The quantitative estimate of drug-likeness (QED) is 0.787. The van der Waals surface area contributed by atoms with Crippen molar-refractivity contribution in [1.29, 1.82) is 0 Å². The molecule has 1 N–H and O–H groups in total. The standard InChI is InChI=1S/C17H15FN2O2/c18-14-3-1-13(2-4-14)17(21)11-22-16-7-5-15(6-8-16)20-10-9-19-12-20/h1-10,12,17,21H,11H2. The fourth-order valence-corrected chi connectivity index (χ4v) is 2.08. The Labute approximate surface area is 127 Å². The molecule has 0 aliphatic heterocycles. The van der Waals surface area contributed by atoms with Gasteiger partial charge in [-0.3, -0.25) is 0 Å². The molecule has 0 spiro atoms. The molecule has 0 aliphatic rings. The molecular formula is C17H15FN2O2. The molecule has 0 fully saturated rings. The third-order valence-corrected chi connectivity index (χ3v) is 3.30. The van der Waals surface area contributed by atoms with E-state index in [1.807, 2.05) is 35.0 Å². The van der Waals surface area contributed by atoms with Crippen molar-refractivity contribution in [3.8, 4) is 11.4 Å². The highest BCUT2D eigenvalue weighted by Gasteiger charge is 2.08. The van der Waals surface area contributed by atoms with Gasteiger partial charge in [0.2, 0.25) is 0 Å². The van der Waals surface area contributed by atoms with Crippen molar-refractivity contribution < 1.29 is 14.2 Å². The molecule has 1 heterocycles. The lowest BCUT2D eigenvalue weighted by molar-refractivity contribution is 0.108. The maximum absolute atomic E-state index is 12.8. The minimum absolute atomic E-state index is 0.107. The van der Waals surface area contributed by atoms with Crippen LogP contribution in [0.3, 0.4) is 0 Å². The number of nitrogens with zero attached hydrogens (tertiary/aromatic N) is 2. The van der Waals surface area contributed by atoms with E-state index in [9.17, 15) is 9.50 Å². The van der Waals surface area contributed by atoms with Crippen LogP contribution >= 0.6 is 0 Å². The van der Waals surface area contributed by atoms with Crippen LogP contribution in [0.15, 0.2) is 67.3 Å². The van der Waals surface area contributed by atoms with Gasteiger partial charge in [-0.1, -0.05) is 12.1 Å². The van der Waals surface area contributed by atoms with Gasteiger partial charge < -0.3 is 14.4 Å². The van der Waals surface area contributed by atoms with Crippen LogP contribution in [-0.2, 0) is 0 Å². The summed E-state index contributed by atoms with van der Waals surface area (Å²) < 4.78 is 20.3. The topological polar surface area (TPSA) is 47.3 Å². The summed E-state index contributed by atoms with van der Waals surface area (Å²) in [5, 5.41) is 10.0. The number of hydrogen-bond acceptors (Lipinski definition) is 3. The van der Waals surface area contributed by atoms with E-state index in [1.54, 1.807) is 24.7 Å². The second kappa shape index (κ2) is 6.41. The predicted octanol–water partition coefficient (Wildman–Crippen LogP) is 3.12. The van der Waals surface area contributed by atoms with E-state index >= 15 is 0 Å². The Morgan fingerprint density at radius 1 is 1.09 bits per heavy atom. The Kier molecular flexibility index (Phi) is 4.16. The molecule has 4 nitrogen and oxygen atoms in total. The smallest absolute Gasteiger partial charge is 0.123 e. The Hall–Kier alpha value is -2.66. The van der Waals surface area contributed by atoms with Gasteiger partial charge in [-0.05, 0) is 42.0 Å². The number of ether oxygens (including phenoxy) is 1. The summed E-state index contributed by atoms with van der Waals surface area (Å²) in [6.07, 6.45) is 4.49. The minimum atomic E-state index is -0.797. The van der Waals surface area contributed by atoms with Gasteiger partial charge in [-0.15, -0.1) is 0 Å². The second-order valence-corrected chi connectivity index (χ2v) is 4.84. The monoisotopic (exact) mass is 298 g/mol. The molecule has 2 aromatic carbocycles. The summed E-state index contributed by atoms with van der Waals surface area (Å²) in [6.45, 7) is 0.107. The van der Waals surface area contributed by atoms with Gasteiger partial charge in [0, 0.05) is 18.1 Å². The number of imidazole rings is 1. The number of benzene rings is 2. The minimum Gasteiger partial charge on any atom is -0.491 e. The zero-order valence-electron chi connectivity index (χ0n) is 11.8. The molecule has 0 radical (unpaired) electrons. The van der Waals surface area contributed by atoms with Crippen LogP contribution in [0.1, 0.15) is 11.7 Å². The largest absolute Gasteiger partial charge is 0.491 e. The molecule has 3 rings (SSSR count). The molecular weight excluding hydrogens is 283 g/mol. The summed E-state index contributed by atoms with van der Waals surface area (Å²) in [5.41, 5.74) is 1.60. The molecule has 1 atom stereocenters. The van der Waals surface area contributed by atoms with E-state index in [2.05, 4.69) is 4.98 Å². The molecule has 5 heteroatoms. The molecule has 1 aromatic heterocycles. The first kappa shape index (κ1) is 14.3. The first-order valence-electron chi connectivity index (χ1n) is 6.87. The SMILES string of the molecule is OC(COc1ccc(-n2ccnc2)cc1)c1ccc(F)cc1. The first-order chi connectivity index (χ1) is 10.7. The van der Waals surface area contributed by atoms with Gasteiger partial charge in [0.05, 0.1) is 6.33 Å². The lowest BCUT2D eigenvalue weighted by Crippen LogP contribution is -2.09. The summed E-state index contributed by atoms with van der Waals surface area (Å²) in [5.74, 6) is 0.331. The van der Waals surface area contributed by atoms with Crippen molar-refractivity contribution in [2.24, 2.45) is 0 Å². The lowest BCUT2D eigenvalue weighted by Gasteiger charge is -2.13. The Bertz CT molecular complexity index is 709. The van der Waals surface area contributed by atoms with Gasteiger partial charge in [0.25, 0.3) is 0 Å².